The van der Waals surface area contributed by atoms with Gasteiger partial charge in [-0.3, -0.25) is 0 Å². The number of rotatable bonds is 0. The lowest BCUT2D eigenvalue weighted by Gasteiger charge is -2.21. The second kappa shape index (κ2) is 4.31. The molecule has 0 aliphatic carbocycles. The fraction of sp³-hybridized carbons (Fsp3) is 0.333. The molecule has 1 atom stereocenters. The SMILES string of the molecule is Cl.NC1CCSc2ccc(F)cc21. The average molecular weight is 220 g/mol. The van der Waals surface area contributed by atoms with Crippen molar-refractivity contribution in [2.75, 3.05) is 5.75 Å². The van der Waals surface area contributed by atoms with Gasteiger partial charge in [0.1, 0.15) is 5.82 Å². The summed E-state index contributed by atoms with van der Waals surface area (Å²) in [5.74, 6) is 0.853. The van der Waals surface area contributed by atoms with Crippen LogP contribution in [0.2, 0.25) is 0 Å². The number of thioether (sulfide) groups is 1. The number of halogens is 2. The Kier molecular flexibility index (Phi) is 3.59. The van der Waals surface area contributed by atoms with Crippen LogP contribution in [0.4, 0.5) is 4.39 Å². The van der Waals surface area contributed by atoms with E-state index in [9.17, 15) is 4.39 Å². The van der Waals surface area contributed by atoms with Crippen LogP contribution in [0.3, 0.4) is 0 Å². The molecule has 1 aliphatic rings. The van der Waals surface area contributed by atoms with Gasteiger partial charge in [-0.15, -0.1) is 24.2 Å². The summed E-state index contributed by atoms with van der Waals surface area (Å²) < 4.78 is 12.8. The normalized spacial score (nSPS) is 20.3. The second-order valence-electron chi connectivity index (χ2n) is 2.93. The number of fused-ring (bicyclic) bond motifs is 1. The third-order valence-corrected chi connectivity index (χ3v) is 3.18. The van der Waals surface area contributed by atoms with E-state index in [1.54, 1.807) is 17.8 Å². The molecule has 1 nitrogen and oxygen atoms in total. The molecule has 72 valence electrons. The van der Waals surface area contributed by atoms with Gasteiger partial charge in [-0.25, -0.2) is 4.39 Å². The van der Waals surface area contributed by atoms with Crippen LogP contribution < -0.4 is 5.73 Å². The fourth-order valence-electron chi connectivity index (χ4n) is 1.39. The molecule has 0 saturated heterocycles. The van der Waals surface area contributed by atoms with Gasteiger partial charge >= 0.3 is 0 Å². The maximum atomic E-state index is 12.8. The molecule has 0 aromatic heterocycles. The summed E-state index contributed by atoms with van der Waals surface area (Å²) in [6.07, 6.45) is 0.946. The molecule has 2 N–H and O–H groups in total. The molecule has 0 fully saturated rings. The van der Waals surface area contributed by atoms with Crippen molar-refractivity contribution < 1.29 is 4.39 Å². The predicted octanol–water partition coefficient (Wildman–Crippen LogP) is 2.74. The van der Waals surface area contributed by atoms with Crippen LogP contribution in [0.5, 0.6) is 0 Å². The summed E-state index contributed by atoms with van der Waals surface area (Å²) in [6, 6.07) is 4.88. The fourth-order valence-corrected chi connectivity index (χ4v) is 2.52. The van der Waals surface area contributed by atoms with Crippen molar-refractivity contribution in [2.24, 2.45) is 5.73 Å². The predicted molar refractivity (Wildman–Crippen MR) is 55.9 cm³/mol. The Labute approximate surface area is 87.3 Å². The summed E-state index contributed by atoms with van der Waals surface area (Å²) in [6.45, 7) is 0. The molecule has 4 heteroatoms. The van der Waals surface area contributed by atoms with Crippen molar-refractivity contribution in [3.63, 3.8) is 0 Å². The molecule has 1 unspecified atom stereocenters. The largest absolute Gasteiger partial charge is 0.324 e. The smallest absolute Gasteiger partial charge is 0.123 e. The van der Waals surface area contributed by atoms with Crippen molar-refractivity contribution in [3.05, 3.63) is 29.6 Å². The maximum Gasteiger partial charge on any atom is 0.123 e. The summed E-state index contributed by atoms with van der Waals surface area (Å²) in [4.78, 5) is 1.13. The lowest BCUT2D eigenvalue weighted by atomic mass is 10.1. The number of benzene rings is 1. The van der Waals surface area contributed by atoms with E-state index < -0.39 is 0 Å². The van der Waals surface area contributed by atoms with Gasteiger partial charge in [0.05, 0.1) is 0 Å². The minimum Gasteiger partial charge on any atom is -0.324 e. The average Bonchev–Trinajstić information content (AvgIpc) is 2.07. The van der Waals surface area contributed by atoms with Crippen LogP contribution in [0.25, 0.3) is 0 Å². The lowest BCUT2D eigenvalue weighted by molar-refractivity contribution is 0.610. The maximum absolute atomic E-state index is 12.8. The Morgan fingerprint density at radius 3 is 3.00 bits per heavy atom. The third kappa shape index (κ3) is 2.16. The molecule has 0 radical (unpaired) electrons. The topological polar surface area (TPSA) is 26.0 Å². The molecular formula is C9H11ClFNS. The van der Waals surface area contributed by atoms with Gasteiger partial charge in [-0.2, -0.15) is 0 Å². The summed E-state index contributed by atoms with van der Waals surface area (Å²) >= 11 is 1.75. The van der Waals surface area contributed by atoms with Crippen LogP contribution in [0, 0.1) is 5.82 Å². The molecule has 2 rings (SSSR count). The molecule has 0 amide bonds. The van der Waals surface area contributed by atoms with Crippen LogP contribution >= 0.6 is 24.2 Å². The first-order valence-corrected chi connectivity index (χ1v) is 4.94. The lowest BCUT2D eigenvalue weighted by Crippen LogP contribution is -2.15. The molecular weight excluding hydrogens is 209 g/mol. The van der Waals surface area contributed by atoms with E-state index in [2.05, 4.69) is 0 Å². The van der Waals surface area contributed by atoms with Crippen molar-refractivity contribution in [2.45, 2.75) is 17.4 Å². The summed E-state index contributed by atoms with van der Waals surface area (Å²) in [5.41, 5.74) is 6.80. The van der Waals surface area contributed by atoms with Crippen molar-refractivity contribution >= 4 is 24.2 Å². The Bertz CT molecular complexity index is 306. The third-order valence-electron chi connectivity index (χ3n) is 2.06. The van der Waals surface area contributed by atoms with Gasteiger partial charge in [-0.05, 0) is 35.9 Å². The Morgan fingerprint density at radius 2 is 2.23 bits per heavy atom. The zero-order chi connectivity index (χ0) is 8.55. The minimum absolute atomic E-state index is 0. The number of hydrogen-bond acceptors (Lipinski definition) is 2. The highest BCUT2D eigenvalue weighted by Gasteiger charge is 2.17. The van der Waals surface area contributed by atoms with Gasteiger partial charge in [-0.1, -0.05) is 0 Å². The van der Waals surface area contributed by atoms with Crippen LogP contribution in [0.1, 0.15) is 18.0 Å². The van der Waals surface area contributed by atoms with E-state index in [0.29, 0.717) is 0 Å². The van der Waals surface area contributed by atoms with Crippen molar-refractivity contribution in [3.8, 4) is 0 Å². The van der Waals surface area contributed by atoms with E-state index >= 15 is 0 Å². The molecule has 1 aliphatic heterocycles. The van der Waals surface area contributed by atoms with Gasteiger partial charge < -0.3 is 5.73 Å². The molecule has 1 aromatic rings. The number of hydrogen-bond donors (Lipinski definition) is 1. The first-order chi connectivity index (χ1) is 5.77. The van der Waals surface area contributed by atoms with Crippen LogP contribution in [0.15, 0.2) is 23.1 Å². The summed E-state index contributed by atoms with van der Waals surface area (Å²) in [7, 11) is 0. The zero-order valence-electron chi connectivity index (χ0n) is 7.00. The number of nitrogens with two attached hydrogens (primary N) is 1. The molecule has 13 heavy (non-hydrogen) atoms. The first kappa shape index (κ1) is 10.8. The highest BCUT2D eigenvalue weighted by Crippen LogP contribution is 2.34. The van der Waals surface area contributed by atoms with E-state index in [1.807, 2.05) is 6.07 Å². The van der Waals surface area contributed by atoms with E-state index in [-0.39, 0.29) is 24.3 Å². The standard InChI is InChI=1S/C9H10FNS.ClH/c10-6-1-2-9-7(5-6)8(11)3-4-12-9;/h1-2,5,8H,3-4,11H2;1H. The molecule has 0 bridgehead atoms. The van der Waals surface area contributed by atoms with Gasteiger partial charge in [0.2, 0.25) is 0 Å². The van der Waals surface area contributed by atoms with Gasteiger partial charge in [0.25, 0.3) is 0 Å². The zero-order valence-corrected chi connectivity index (χ0v) is 8.63. The highest BCUT2D eigenvalue weighted by molar-refractivity contribution is 7.99. The highest BCUT2D eigenvalue weighted by atomic mass is 35.5. The Hall–Kier alpha value is -0.250. The Balaban J connectivity index is 0.000000845. The summed E-state index contributed by atoms with van der Waals surface area (Å²) in [5, 5.41) is 0. The van der Waals surface area contributed by atoms with E-state index in [1.165, 1.54) is 6.07 Å². The minimum atomic E-state index is -0.188. The molecule has 1 heterocycles. The van der Waals surface area contributed by atoms with E-state index in [4.69, 9.17) is 5.73 Å². The van der Waals surface area contributed by atoms with Crippen LogP contribution in [-0.2, 0) is 0 Å². The molecule has 0 spiro atoms. The van der Waals surface area contributed by atoms with Crippen molar-refractivity contribution in [1.29, 1.82) is 0 Å². The molecule has 1 aromatic carbocycles. The Morgan fingerprint density at radius 1 is 1.46 bits per heavy atom. The van der Waals surface area contributed by atoms with Crippen LogP contribution in [-0.4, -0.2) is 5.75 Å². The van der Waals surface area contributed by atoms with E-state index in [0.717, 1.165) is 22.6 Å². The van der Waals surface area contributed by atoms with Gasteiger partial charge in [0, 0.05) is 10.9 Å². The first-order valence-electron chi connectivity index (χ1n) is 3.95. The molecule has 0 saturated carbocycles. The second-order valence-corrected chi connectivity index (χ2v) is 4.06. The monoisotopic (exact) mass is 219 g/mol. The quantitative estimate of drug-likeness (QED) is 0.726. The van der Waals surface area contributed by atoms with Gasteiger partial charge in [0.15, 0.2) is 0 Å². The van der Waals surface area contributed by atoms with Crippen molar-refractivity contribution in [1.82, 2.24) is 0 Å².